The van der Waals surface area contributed by atoms with Crippen molar-refractivity contribution in [3.63, 3.8) is 0 Å². The molecule has 0 atom stereocenters. The van der Waals surface area contributed by atoms with Gasteiger partial charge in [-0.2, -0.15) is 0 Å². The zero-order valence-corrected chi connectivity index (χ0v) is 9.22. The molecule has 0 saturated heterocycles. The Kier molecular flexibility index (Phi) is 5.87. The Hall–Kier alpha value is -1.01. The van der Waals surface area contributed by atoms with E-state index in [4.69, 9.17) is 6.42 Å². The molecule has 3 heteroatoms. The lowest BCUT2D eigenvalue weighted by Gasteiger charge is -2.21. The lowest BCUT2D eigenvalue weighted by Crippen LogP contribution is -2.37. The molecular formula is C12H20N2O. The summed E-state index contributed by atoms with van der Waals surface area (Å²) in [4.78, 5) is 11.3. The van der Waals surface area contributed by atoms with Crippen LogP contribution in [0.1, 0.15) is 32.1 Å². The molecule has 1 amide bonds. The Labute approximate surface area is 92.0 Å². The summed E-state index contributed by atoms with van der Waals surface area (Å²) in [5.74, 6) is 3.18. The maximum absolute atomic E-state index is 11.3. The third kappa shape index (κ3) is 5.44. The summed E-state index contributed by atoms with van der Waals surface area (Å²) in [7, 11) is 0. The van der Waals surface area contributed by atoms with Gasteiger partial charge in [-0.25, -0.2) is 0 Å². The van der Waals surface area contributed by atoms with Crippen molar-refractivity contribution < 1.29 is 4.79 Å². The Morgan fingerprint density at radius 3 is 2.73 bits per heavy atom. The SMILES string of the molecule is C#CCNCC(=O)NCC1CCCCC1. The highest BCUT2D eigenvalue weighted by Crippen LogP contribution is 2.22. The average molecular weight is 208 g/mol. The van der Waals surface area contributed by atoms with Crippen LogP contribution in [0.15, 0.2) is 0 Å². The quantitative estimate of drug-likeness (QED) is 0.521. The smallest absolute Gasteiger partial charge is 0.233 e. The van der Waals surface area contributed by atoms with Crippen LogP contribution >= 0.6 is 0 Å². The first-order valence-corrected chi connectivity index (χ1v) is 5.74. The molecule has 1 fully saturated rings. The van der Waals surface area contributed by atoms with Crippen LogP contribution in [-0.2, 0) is 4.79 Å². The Morgan fingerprint density at radius 2 is 2.07 bits per heavy atom. The largest absolute Gasteiger partial charge is 0.355 e. The predicted octanol–water partition coefficient (Wildman–Crippen LogP) is 0.906. The van der Waals surface area contributed by atoms with Crippen molar-refractivity contribution >= 4 is 5.91 Å². The van der Waals surface area contributed by atoms with Gasteiger partial charge in [-0.05, 0) is 18.8 Å². The van der Waals surface area contributed by atoms with Crippen LogP contribution in [0.3, 0.4) is 0 Å². The van der Waals surface area contributed by atoms with E-state index in [1.54, 1.807) is 0 Å². The van der Waals surface area contributed by atoms with Crippen molar-refractivity contribution in [2.45, 2.75) is 32.1 Å². The highest BCUT2D eigenvalue weighted by atomic mass is 16.1. The molecule has 1 rings (SSSR count). The summed E-state index contributed by atoms with van der Waals surface area (Å²) in [5.41, 5.74) is 0. The summed E-state index contributed by atoms with van der Waals surface area (Å²) in [6.07, 6.45) is 11.6. The molecule has 0 heterocycles. The second-order valence-electron chi connectivity index (χ2n) is 4.12. The van der Waals surface area contributed by atoms with E-state index in [0.717, 1.165) is 6.54 Å². The summed E-state index contributed by atoms with van der Waals surface area (Å²) in [6, 6.07) is 0. The second kappa shape index (κ2) is 7.30. The molecule has 0 aromatic rings. The molecule has 0 aromatic heterocycles. The van der Waals surface area contributed by atoms with Gasteiger partial charge in [0.15, 0.2) is 0 Å². The lowest BCUT2D eigenvalue weighted by molar-refractivity contribution is -0.120. The van der Waals surface area contributed by atoms with Crippen LogP contribution in [0.5, 0.6) is 0 Å². The minimum absolute atomic E-state index is 0.0517. The fourth-order valence-corrected chi connectivity index (χ4v) is 1.96. The van der Waals surface area contributed by atoms with Gasteiger partial charge in [0.25, 0.3) is 0 Å². The molecule has 1 saturated carbocycles. The minimum atomic E-state index is 0.0517. The van der Waals surface area contributed by atoms with Crippen molar-refractivity contribution in [2.24, 2.45) is 5.92 Å². The number of carbonyl (C=O) groups is 1. The summed E-state index contributed by atoms with van der Waals surface area (Å²) in [5, 5.41) is 5.82. The number of rotatable bonds is 5. The zero-order chi connectivity index (χ0) is 10.9. The molecule has 0 bridgehead atoms. The van der Waals surface area contributed by atoms with Crippen molar-refractivity contribution in [1.82, 2.24) is 10.6 Å². The third-order valence-corrected chi connectivity index (χ3v) is 2.83. The number of hydrogen-bond donors (Lipinski definition) is 2. The molecule has 0 unspecified atom stereocenters. The molecule has 1 aliphatic carbocycles. The van der Waals surface area contributed by atoms with Crippen LogP contribution in [0.25, 0.3) is 0 Å². The van der Waals surface area contributed by atoms with Gasteiger partial charge >= 0.3 is 0 Å². The highest BCUT2D eigenvalue weighted by Gasteiger charge is 2.13. The Morgan fingerprint density at radius 1 is 1.33 bits per heavy atom. The maximum Gasteiger partial charge on any atom is 0.233 e. The fourth-order valence-electron chi connectivity index (χ4n) is 1.96. The van der Waals surface area contributed by atoms with Crippen molar-refractivity contribution in [1.29, 1.82) is 0 Å². The summed E-state index contributed by atoms with van der Waals surface area (Å²) < 4.78 is 0. The molecular weight excluding hydrogens is 188 g/mol. The first-order chi connectivity index (χ1) is 7.33. The van der Waals surface area contributed by atoms with E-state index in [9.17, 15) is 4.79 Å². The molecule has 84 valence electrons. The van der Waals surface area contributed by atoms with E-state index in [-0.39, 0.29) is 5.91 Å². The summed E-state index contributed by atoms with van der Waals surface area (Å²) >= 11 is 0. The van der Waals surface area contributed by atoms with E-state index in [1.807, 2.05) is 0 Å². The molecule has 1 aliphatic rings. The van der Waals surface area contributed by atoms with E-state index in [1.165, 1.54) is 32.1 Å². The fraction of sp³-hybridized carbons (Fsp3) is 0.750. The van der Waals surface area contributed by atoms with Gasteiger partial charge in [0.05, 0.1) is 13.1 Å². The van der Waals surface area contributed by atoms with Gasteiger partial charge in [0.2, 0.25) is 5.91 Å². The minimum Gasteiger partial charge on any atom is -0.355 e. The van der Waals surface area contributed by atoms with E-state index in [2.05, 4.69) is 16.6 Å². The summed E-state index contributed by atoms with van der Waals surface area (Å²) in [6.45, 7) is 1.62. The van der Waals surface area contributed by atoms with Gasteiger partial charge in [-0.3, -0.25) is 10.1 Å². The number of carbonyl (C=O) groups excluding carboxylic acids is 1. The Balaban J connectivity index is 2.03. The maximum atomic E-state index is 11.3. The first kappa shape index (κ1) is 12.1. The van der Waals surface area contributed by atoms with Crippen LogP contribution in [0, 0.1) is 18.3 Å². The van der Waals surface area contributed by atoms with Crippen LogP contribution < -0.4 is 10.6 Å². The van der Waals surface area contributed by atoms with E-state index >= 15 is 0 Å². The highest BCUT2D eigenvalue weighted by molar-refractivity contribution is 5.77. The third-order valence-electron chi connectivity index (χ3n) is 2.83. The predicted molar refractivity (Wildman–Crippen MR) is 61.3 cm³/mol. The molecule has 0 spiro atoms. The van der Waals surface area contributed by atoms with E-state index in [0.29, 0.717) is 19.0 Å². The second-order valence-corrected chi connectivity index (χ2v) is 4.12. The van der Waals surface area contributed by atoms with Crippen LogP contribution in [-0.4, -0.2) is 25.5 Å². The van der Waals surface area contributed by atoms with Gasteiger partial charge < -0.3 is 5.32 Å². The molecule has 3 nitrogen and oxygen atoms in total. The van der Waals surface area contributed by atoms with Crippen molar-refractivity contribution in [3.8, 4) is 12.3 Å². The molecule has 0 aliphatic heterocycles. The number of amides is 1. The Bertz CT molecular complexity index is 226. The zero-order valence-electron chi connectivity index (χ0n) is 9.22. The van der Waals surface area contributed by atoms with Crippen LogP contribution in [0.4, 0.5) is 0 Å². The average Bonchev–Trinajstić information content (AvgIpc) is 2.28. The number of terminal acetylenes is 1. The molecule has 15 heavy (non-hydrogen) atoms. The first-order valence-electron chi connectivity index (χ1n) is 5.74. The van der Waals surface area contributed by atoms with Crippen molar-refractivity contribution in [2.75, 3.05) is 19.6 Å². The van der Waals surface area contributed by atoms with Gasteiger partial charge in [-0.1, -0.05) is 25.2 Å². The van der Waals surface area contributed by atoms with Crippen LogP contribution in [0.2, 0.25) is 0 Å². The normalized spacial score (nSPS) is 17.0. The molecule has 0 aromatic carbocycles. The topological polar surface area (TPSA) is 41.1 Å². The van der Waals surface area contributed by atoms with Crippen molar-refractivity contribution in [3.05, 3.63) is 0 Å². The number of nitrogens with one attached hydrogen (secondary N) is 2. The number of hydrogen-bond acceptors (Lipinski definition) is 2. The van der Waals surface area contributed by atoms with Gasteiger partial charge in [-0.15, -0.1) is 6.42 Å². The standard InChI is InChI=1S/C12H20N2O/c1-2-8-13-10-12(15)14-9-11-6-4-3-5-7-11/h1,11,13H,3-10H2,(H,14,15). The molecule has 2 N–H and O–H groups in total. The monoisotopic (exact) mass is 208 g/mol. The lowest BCUT2D eigenvalue weighted by atomic mass is 9.89. The van der Waals surface area contributed by atoms with E-state index < -0.39 is 0 Å². The van der Waals surface area contributed by atoms with Gasteiger partial charge in [0, 0.05) is 6.54 Å². The van der Waals surface area contributed by atoms with Gasteiger partial charge in [0.1, 0.15) is 0 Å². The molecule has 0 radical (unpaired) electrons.